The molecule has 0 radical (unpaired) electrons. The summed E-state index contributed by atoms with van der Waals surface area (Å²) in [7, 11) is 1.60. The highest BCUT2D eigenvalue weighted by Gasteiger charge is 2.52. The Morgan fingerprint density at radius 2 is 1.68 bits per heavy atom. The molecule has 3 aromatic carbocycles. The third kappa shape index (κ3) is 2.66. The van der Waals surface area contributed by atoms with Crippen LogP contribution in [0.15, 0.2) is 48.5 Å². The topological polar surface area (TPSA) is 100 Å². The molecule has 1 N–H and O–H groups in total. The summed E-state index contributed by atoms with van der Waals surface area (Å²) in [5, 5.41) is 11.2. The largest absolute Gasteiger partial charge is 0.494 e. The van der Waals surface area contributed by atoms with Gasteiger partial charge < -0.3 is 24.1 Å². The van der Waals surface area contributed by atoms with Gasteiger partial charge in [-0.1, -0.05) is 12.1 Å². The monoisotopic (exact) mass is 456 g/mol. The molecule has 34 heavy (non-hydrogen) atoms. The summed E-state index contributed by atoms with van der Waals surface area (Å²) < 4.78 is 22.3. The molecule has 170 valence electrons. The van der Waals surface area contributed by atoms with Crippen molar-refractivity contribution in [3.63, 3.8) is 0 Å². The van der Waals surface area contributed by atoms with Crippen LogP contribution in [0, 0.1) is 11.8 Å². The summed E-state index contributed by atoms with van der Waals surface area (Å²) in [4.78, 5) is 22.5. The highest BCUT2D eigenvalue weighted by Crippen LogP contribution is 2.54. The van der Waals surface area contributed by atoms with Crippen molar-refractivity contribution in [3.8, 4) is 17.2 Å². The van der Waals surface area contributed by atoms with Crippen LogP contribution >= 0.6 is 0 Å². The van der Waals surface area contributed by atoms with Crippen molar-refractivity contribution >= 4 is 28.0 Å². The second-order valence-corrected chi connectivity index (χ2v) is 8.88. The van der Waals surface area contributed by atoms with Gasteiger partial charge >= 0.3 is 5.97 Å². The SMILES string of the molecule is COc1cc([C@@H]2c3cc4c(cc3[C@@H](O)[C@H]3COC(=O)[C@H]23)OCO4)cc2nc3ccccc3nc12. The molecule has 4 atom stereocenters. The Labute approximate surface area is 194 Å². The van der Waals surface area contributed by atoms with E-state index < -0.39 is 12.0 Å². The van der Waals surface area contributed by atoms with Gasteiger partial charge in [-0.2, -0.15) is 0 Å². The van der Waals surface area contributed by atoms with Crippen LogP contribution in [0.3, 0.4) is 0 Å². The van der Waals surface area contributed by atoms with E-state index in [4.69, 9.17) is 28.9 Å². The third-order valence-corrected chi connectivity index (χ3v) is 7.16. The molecule has 1 aromatic heterocycles. The Hall–Kier alpha value is -3.91. The highest BCUT2D eigenvalue weighted by molar-refractivity contribution is 5.90. The predicted molar refractivity (Wildman–Crippen MR) is 121 cm³/mol. The Morgan fingerprint density at radius 1 is 0.941 bits per heavy atom. The van der Waals surface area contributed by atoms with Crippen LogP contribution in [-0.2, 0) is 9.53 Å². The molecule has 0 bridgehead atoms. The quantitative estimate of drug-likeness (QED) is 0.362. The number of aliphatic hydroxyl groups excluding tert-OH is 1. The highest BCUT2D eigenvalue weighted by atomic mass is 16.7. The maximum absolute atomic E-state index is 12.9. The number of methoxy groups -OCH3 is 1. The fourth-order valence-electron chi connectivity index (χ4n) is 5.58. The van der Waals surface area contributed by atoms with Crippen LogP contribution < -0.4 is 14.2 Å². The number of carbonyl (C=O) groups excluding carboxylic acids is 1. The second kappa shape index (κ2) is 7.04. The molecule has 0 unspecified atom stereocenters. The van der Waals surface area contributed by atoms with Crippen LogP contribution in [-0.4, -0.2) is 41.6 Å². The van der Waals surface area contributed by atoms with Crippen LogP contribution in [0.2, 0.25) is 0 Å². The molecule has 2 aliphatic heterocycles. The molecule has 1 fully saturated rings. The Morgan fingerprint density at radius 3 is 2.44 bits per heavy atom. The third-order valence-electron chi connectivity index (χ3n) is 7.16. The van der Waals surface area contributed by atoms with Crippen molar-refractivity contribution in [1.82, 2.24) is 9.97 Å². The van der Waals surface area contributed by atoms with Gasteiger partial charge in [-0.05, 0) is 53.1 Å². The minimum absolute atomic E-state index is 0.125. The van der Waals surface area contributed by atoms with Gasteiger partial charge in [-0.3, -0.25) is 4.79 Å². The molecule has 8 nitrogen and oxygen atoms in total. The number of aliphatic hydroxyl groups is 1. The van der Waals surface area contributed by atoms with Crippen LogP contribution in [0.1, 0.15) is 28.7 Å². The Balaban J connectivity index is 1.49. The number of ether oxygens (including phenoxy) is 4. The lowest BCUT2D eigenvalue weighted by atomic mass is 9.66. The van der Waals surface area contributed by atoms with Crippen LogP contribution in [0.4, 0.5) is 0 Å². The number of para-hydroxylation sites is 2. The molecule has 3 aliphatic rings. The standard InChI is InChI=1S/C26H20N2O6/c1-31-21-7-12(6-18-24(21)28-17-5-3-2-4-16(17)27-18)22-13-8-19-20(34-11-33-19)9-14(13)25(29)15-10-32-26(30)23(15)22/h2-9,15,22-23,25,29H,10-11H2,1H3/t15-,22+,23-,25+/m0/s1. The number of hydrogen-bond acceptors (Lipinski definition) is 8. The first-order valence-electron chi connectivity index (χ1n) is 11.1. The van der Waals surface area contributed by atoms with Gasteiger partial charge in [-0.25, -0.2) is 9.97 Å². The molecule has 0 amide bonds. The van der Waals surface area contributed by atoms with Crippen molar-refractivity contribution in [2.75, 3.05) is 20.5 Å². The zero-order valence-electron chi connectivity index (χ0n) is 18.2. The van der Waals surface area contributed by atoms with Crippen molar-refractivity contribution in [2.24, 2.45) is 11.8 Å². The lowest BCUT2D eigenvalue weighted by Gasteiger charge is -2.36. The minimum atomic E-state index is -0.844. The van der Waals surface area contributed by atoms with Crippen LogP contribution in [0.25, 0.3) is 22.1 Å². The van der Waals surface area contributed by atoms with Crippen molar-refractivity contribution in [2.45, 2.75) is 12.0 Å². The number of fused-ring (bicyclic) bond motifs is 5. The number of hydrogen-bond donors (Lipinski definition) is 1. The van der Waals surface area contributed by atoms with Crippen LogP contribution in [0.5, 0.6) is 17.2 Å². The first-order valence-corrected chi connectivity index (χ1v) is 11.1. The van der Waals surface area contributed by atoms with E-state index in [1.54, 1.807) is 7.11 Å². The summed E-state index contributed by atoms with van der Waals surface area (Å²) in [6.45, 7) is 0.296. The predicted octanol–water partition coefficient (Wildman–Crippen LogP) is 3.49. The second-order valence-electron chi connectivity index (χ2n) is 8.88. The molecule has 4 aromatic rings. The fraction of sp³-hybridized carbons (Fsp3) is 0.269. The maximum Gasteiger partial charge on any atom is 0.310 e. The zero-order valence-corrected chi connectivity index (χ0v) is 18.2. The molecule has 8 heteroatoms. The van der Waals surface area contributed by atoms with Crippen molar-refractivity contribution in [1.29, 1.82) is 0 Å². The summed E-state index contributed by atoms with van der Waals surface area (Å²) in [6, 6.07) is 15.2. The summed E-state index contributed by atoms with van der Waals surface area (Å²) in [6.07, 6.45) is -0.844. The number of rotatable bonds is 2. The van der Waals surface area contributed by atoms with Gasteiger partial charge in [0.05, 0.1) is 42.3 Å². The number of nitrogens with zero attached hydrogens (tertiary/aromatic N) is 2. The minimum Gasteiger partial charge on any atom is -0.494 e. The average Bonchev–Trinajstić information content (AvgIpc) is 3.48. The van der Waals surface area contributed by atoms with E-state index in [0.717, 1.165) is 27.7 Å². The first-order chi connectivity index (χ1) is 16.6. The van der Waals surface area contributed by atoms with Gasteiger partial charge in [-0.15, -0.1) is 0 Å². The van der Waals surface area contributed by atoms with E-state index in [2.05, 4.69) is 0 Å². The number of aromatic nitrogens is 2. The number of carbonyl (C=O) groups is 1. The van der Waals surface area contributed by atoms with Gasteiger partial charge in [0.2, 0.25) is 6.79 Å². The smallest absolute Gasteiger partial charge is 0.310 e. The summed E-state index contributed by atoms with van der Waals surface area (Å²) >= 11 is 0. The van der Waals surface area contributed by atoms with E-state index in [-0.39, 0.29) is 31.2 Å². The molecular weight excluding hydrogens is 436 g/mol. The van der Waals surface area contributed by atoms with Gasteiger partial charge in [0.25, 0.3) is 0 Å². The number of esters is 1. The van der Waals surface area contributed by atoms with E-state index >= 15 is 0 Å². The normalized spacial score (nSPS) is 24.7. The van der Waals surface area contributed by atoms with Gasteiger partial charge in [0, 0.05) is 11.8 Å². The lowest BCUT2D eigenvalue weighted by Crippen LogP contribution is -2.34. The molecule has 0 saturated carbocycles. The number of cyclic esters (lactones) is 1. The summed E-state index contributed by atoms with van der Waals surface area (Å²) in [5.74, 6) is 0.156. The molecule has 0 spiro atoms. The zero-order chi connectivity index (χ0) is 23.0. The van der Waals surface area contributed by atoms with E-state index in [1.165, 1.54) is 0 Å². The molecule has 3 heterocycles. The average molecular weight is 456 g/mol. The summed E-state index contributed by atoms with van der Waals surface area (Å²) in [5.41, 5.74) is 5.25. The van der Waals surface area contributed by atoms with Gasteiger partial charge in [0.15, 0.2) is 11.5 Å². The Kier molecular flexibility index (Phi) is 4.05. The van der Waals surface area contributed by atoms with E-state index in [9.17, 15) is 9.90 Å². The van der Waals surface area contributed by atoms with E-state index in [1.807, 2.05) is 48.5 Å². The fourth-order valence-corrected chi connectivity index (χ4v) is 5.58. The lowest BCUT2D eigenvalue weighted by molar-refractivity contribution is -0.141. The first kappa shape index (κ1) is 19.5. The number of benzene rings is 3. The molecule has 1 aliphatic carbocycles. The molecule has 7 rings (SSSR count). The van der Waals surface area contributed by atoms with Gasteiger partial charge in [0.1, 0.15) is 11.3 Å². The van der Waals surface area contributed by atoms with Crippen molar-refractivity contribution in [3.05, 3.63) is 65.2 Å². The maximum atomic E-state index is 12.9. The Bertz CT molecular complexity index is 1500. The van der Waals surface area contributed by atoms with Crippen molar-refractivity contribution < 1.29 is 28.8 Å². The molecule has 1 saturated heterocycles. The molecular formula is C26H20N2O6. The van der Waals surface area contributed by atoms with E-state index in [0.29, 0.717) is 28.3 Å².